The lowest BCUT2D eigenvalue weighted by Crippen LogP contribution is -2.34. The van der Waals surface area contributed by atoms with Gasteiger partial charge in [-0.25, -0.2) is 4.39 Å². The molecule has 0 radical (unpaired) electrons. The highest BCUT2D eigenvalue weighted by molar-refractivity contribution is 6.31. The Balaban J connectivity index is 1.72. The molecule has 21 heavy (non-hydrogen) atoms. The molecule has 6 heteroatoms. The predicted octanol–water partition coefficient (Wildman–Crippen LogP) is 3.31. The van der Waals surface area contributed by atoms with E-state index in [4.69, 9.17) is 16.1 Å². The summed E-state index contributed by atoms with van der Waals surface area (Å²) in [5.41, 5.74) is 0.795. The molecule has 1 saturated heterocycles. The zero-order valence-electron chi connectivity index (χ0n) is 11.8. The molecular weight excluding hydrogens is 293 g/mol. The molecular formula is C15H17ClFN3O. The van der Waals surface area contributed by atoms with Crippen molar-refractivity contribution in [3.63, 3.8) is 0 Å². The Morgan fingerprint density at radius 3 is 3.10 bits per heavy atom. The van der Waals surface area contributed by atoms with Crippen molar-refractivity contribution in [3.05, 3.63) is 46.3 Å². The van der Waals surface area contributed by atoms with Gasteiger partial charge in [-0.3, -0.25) is 0 Å². The van der Waals surface area contributed by atoms with Gasteiger partial charge in [-0.15, -0.1) is 0 Å². The number of hydrogen-bond acceptors (Lipinski definition) is 4. The van der Waals surface area contributed by atoms with Crippen LogP contribution in [-0.2, 0) is 6.42 Å². The number of hydrogen-bond donors (Lipinski definition) is 1. The lowest BCUT2D eigenvalue weighted by molar-refractivity contribution is 0.294. The van der Waals surface area contributed by atoms with Crippen molar-refractivity contribution in [1.82, 2.24) is 15.5 Å². The molecule has 1 fully saturated rings. The highest BCUT2D eigenvalue weighted by Gasteiger charge is 2.25. The van der Waals surface area contributed by atoms with Gasteiger partial charge in [0.15, 0.2) is 5.82 Å². The van der Waals surface area contributed by atoms with E-state index in [1.54, 1.807) is 6.07 Å². The predicted molar refractivity (Wildman–Crippen MR) is 78.0 cm³/mol. The molecule has 0 aliphatic carbocycles. The molecule has 4 nitrogen and oxygen atoms in total. The van der Waals surface area contributed by atoms with E-state index < -0.39 is 0 Å². The first-order chi connectivity index (χ1) is 10.1. The first-order valence-corrected chi connectivity index (χ1v) is 7.49. The van der Waals surface area contributed by atoms with Gasteiger partial charge < -0.3 is 9.84 Å². The minimum Gasteiger partial charge on any atom is -0.339 e. The molecule has 112 valence electrons. The normalized spacial score (nSPS) is 22.4. The molecule has 2 unspecified atom stereocenters. The summed E-state index contributed by atoms with van der Waals surface area (Å²) in [6.45, 7) is 3.12. The fourth-order valence-corrected chi connectivity index (χ4v) is 2.93. The Bertz CT molecular complexity index is 631. The van der Waals surface area contributed by atoms with Crippen molar-refractivity contribution in [1.29, 1.82) is 0 Å². The maximum absolute atomic E-state index is 13.0. The fraction of sp³-hybridized carbons (Fsp3) is 0.467. The minimum atomic E-state index is -0.346. The quantitative estimate of drug-likeness (QED) is 0.945. The van der Waals surface area contributed by atoms with Crippen LogP contribution in [-0.4, -0.2) is 22.7 Å². The summed E-state index contributed by atoms with van der Waals surface area (Å²) in [5.74, 6) is 1.24. The molecule has 2 heterocycles. The Hall–Kier alpha value is -1.46. The lowest BCUT2D eigenvalue weighted by atomic mass is 9.93. The third-order valence-electron chi connectivity index (χ3n) is 3.82. The summed E-state index contributed by atoms with van der Waals surface area (Å²) in [4.78, 5) is 4.47. The highest BCUT2D eigenvalue weighted by atomic mass is 35.5. The van der Waals surface area contributed by atoms with E-state index in [0.29, 0.717) is 35.1 Å². The van der Waals surface area contributed by atoms with E-state index in [0.717, 1.165) is 24.9 Å². The standard InChI is InChI=1S/C15H17ClFN3O/c1-9-6-11(4-5-18-9)15-19-14(20-21-15)7-10-2-3-12(17)8-13(10)16/h2-3,8-9,11,18H,4-7H2,1H3. The van der Waals surface area contributed by atoms with E-state index in [-0.39, 0.29) is 5.82 Å². The van der Waals surface area contributed by atoms with Gasteiger partial charge in [0, 0.05) is 23.4 Å². The SMILES string of the molecule is CC1CC(c2nc(Cc3ccc(F)cc3Cl)no2)CCN1. The van der Waals surface area contributed by atoms with E-state index in [1.807, 2.05) is 0 Å². The topological polar surface area (TPSA) is 51.0 Å². The van der Waals surface area contributed by atoms with Gasteiger partial charge in [-0.2, -0.15) is 4.98 Å². The minimum absolute atomic E-state index is 0.311. The van der Waals surface area contributed by atoms with E-state index in [1.165, 1.54) is 12.1 Å². The third kappa shape index (κ3) is 3.41. The number of halogens is 2. The van der Waals surface area contributed by atoms with Crippen molar-refractivity contribution in [2.24, 2.45) is 0 Å². The van der Waals surface area contributed by atoms with Crippen molar-refractivity contribution >= 4 is 11.6 Å². The summed E-state index contributed by atoms with van der Waals surface area (Å²) in [6.07, 6.45) is 2.45. The Morgan fingerprint density at radius 2 is 2.33 bits per heavy atom. The molecule has 0 saturated carbocycles. The third-order valence-corrected chi connectivity index (χ3v) is 4.17. The van der Waals surface area contributed by atoms with Crippen LogP contribution in [0.15, 0.2) is 22.7 Å². The number of benzene rings is 1. The van der Waals surface area contributed by atoms with Gasteiger partial charge in [-0.05, 0) is 44.0 Å². The van der Waals surface area contributed by atoms with E-state index in [9.17, 15) is 4.39 Å². The lowest BCUT2D eigenvalue weighted by Gasteiger charge is -2.25. The maximum atomic E-state index is 13.0. The average molecular weight is 310 g/mol. The Kier molecular flexibility index (Phi) is 4.22. The zero-order valence-corrected chi connectivity index (χ0v) is 12.5. The summed E-state index contributed by atoms with van der Waals surface area (Å²) in [7, 11) is 0. The molecule has 2 aromatic rings. The number of piperidine rings is 1. The Morgan fingerprint density at radius 1 is 1.48 bits per heavy atom. The molecule has 1 aliphatic rings. The zero-order chi connectivity index (χ0) is 14.8. The number of rotatable bonds is 3. The number of nitrogens with zero attached hydrogens (tertiary/aromatic N) is 2. The van der Waals surface area contributed by atoms with Crippen molar-refractivity contribution in [2.45, 2.75) is 38.1 Å². The summed E-state index contributed by atoms with van der Waals surface area (Å²) in [5, 5.41) is 7.80. The Labute approximate surface area is 127 Å². The van der Waals surface area contributed by atoms with Gasteiger partial charge >= 0.3 is 0 Å². The number of nitrogens with one attached hydrogen (secondary N) is 1. The van der Waals surface area contributed by atoms with Crippen LogP contribution >= 0.6 is 11.6 Å². The average Bonchev–Trinajstić information content (AvgIpc) is 2.91. The molecule has 0 spiro atoms. The van der Waals surface area contributed by atoms with Gasteiger partial charge in [0.25, 0.3) is 0 Å². The van der Waals surface area contributed by atoms with Crippen LogP contribution in [0.4, 0.5) is 4.39 Å². The van der Waals surface area contributed by atoms with Crippen molar-refractivity contribution in [2.75, 3.05) is 6.54 Å². The molecule has 0 amide bonds. The number of aromatic nitrogens is 2. The van der Waals surface area contributed by atoms with E-state index >= 15 is 0 Å². The maximum Gasteiger partial charge on any atom is 0.229 e. The molecule has 3 rings (SSSR count). The second-order valence-electron chi connectivity index (χ2n) is 5.54. The van der Waals surface area contributed by atoms with Gasteiger partial charge in [-0.1, -0.05) is 22.8 Å². The summed E-state index contributed by atoms with van der Waals surface area (Å²) >= 11 is 6.02. The van der Waals surface area contributed by atoms with Crippen molar-refractivity contribution in [3.8, 4) is 0 Å². The first-order valence-electron chi connectivity index (χ1n) is 7.11. The molecule has 1 aromatic carbocycles. The summed E-state index contributed by atoms with van der Waals surface area (Å²) < 4.78 is 18.4. The van der Waals surface area contributed by atoms with Crippen molar-refractivity contribution < 1.29 is 8.91 Å². The van der Waals surface area contributed by atoms with Crippen LogP contribution in [0, 0.1) is 5.82 Å². The smallest absolute Gasteiger partial charge is 0.229 e. The van der Waals surface area contributed by atoms with Crippen LogP contribution in [0.25, 0.3) is 0 Å². The fourth-order valence-electron chi connectivity index (χ4n) is 2.70. The monoisotopic (exact) mass is 309 g/mol. The van der Waals surface area contributed by atoms with Crippen LogP contribution < -0.4 is 5.32 Å². The highest BCUT2D eigenvalue weighted by Crippen LogP contribution is 2.27. The van der Waals surface area contributed by atoms with Crippen LogP contribution in [0.5, 0.6) is 0 Å². The largest absolute Gasteiger partial charge is 0.339 e. The second kappa shape index (κ2) is 6.12. The van der Waals surface area contributed by atoms with Crippen LogP contribution in [0.2, 0.25) is 5.02 Å². The van der Waals surface area contributed by atoms with E-state index in [2.05, 4.69) is 22.4 Å². The van der Waals surface area contributed by atoms with Gasteiger partial charge in [0.1, 0.15) is 5.82 Å². The summed E-state index contributed by atoms with van der Waals surface area (Å²) in [6, 6.07) is 4.80. The molecule has 1 aliphatic heterocycles. The molecule has 1 aromatic heterocycles. The van der Waals surface area contributed by atoms with Gasteiger partial charge in [0.2, 0.25) is 5.89 Å². The first kappa shape index (κ1) is 14.5. The van der Waals surface area contributed by atoms with Gasteiger partial charge in [0.05, 0.1) is 0 Å². The second-order valence-corrected chi connectivity index (χ2v) is 5.95. The van der Waals surface area contributed by atoms with Crippen LogP contribution in [0.3, 0.4) is 0 Å². The molecule has 2 atom stereocenters. The van der Waals surface area contributed by atoms with Crippen LogP contribution in [0.1, 0.15) is 43.0 Å². The molecule has 1 N–H and O–H groups in total. The molecule has 0 bridgehead atoms.